The molecule has 0 fully saturated rings. The Hall–Kier alpha value is -2.58. The lowest BCUT2D eigenvalue weighted by Crippen LogP contribution is -2.16. The Bertz CT molecular complexity index is 725. The first-order valence-corrected chi connectivity index (χ1v) is 7.74. The number of anilines is 2. The molecule has 1 amide bonds. The first-order chi connectivity index (χ1) is 12.1. The summed E-state index contributed by atoms with van der Waals surface area (Å²) in [6, 6.07) is 3.14. The highest BCUT2D eigenvalue weighted by atomic mass is 35.5. The van der Waals surface area contributed by atoms with Crippen LogP contribution in [0, 0.1) is 0 Å². The molecule has 9 heteroatoms. The van der Waals surface area contributed by atoms with Crippen molar-refractivity contribution >= 4 is 29.0 Å². The highest BCUT2D eigenvalue weighted by Crippen LogP contribution is 2.35. The number of aromatic nitrogens is 2. The largest absolute Gasteiger partial charge is 0.495 e. The molecule has 0 radical (unpaired) electrons. The van der Waals surface area contributed by atoms with Gasteiger partial charge in [0.2, 0.25) is 0 Å². The number of carbonyl (C=O) groups excluding carboxylic acids is 1. The molecule has 0 aliphatic rings. The number of hydrogen-bond donors (Lipinski definition) is 2. The molecule has 0 atom stereocenters. The molecule has 2 aromatic rings. The SMILES string of the molecule is COCCNc1cnc(C(=O)Nc2cc(OC)c(Cl)cc2OC)cn1. The zero-order valence-electron chi connectivity index (χ0n) is 14.1. The van der Waals surface area contributed by atoms with Gasteiger partial charge < -0.3 is 24.8 Å². The normalized spacial score (nSPS) is 10.2. The van der Waals surface area contributed by atoms with Gasteiger partial charge in [-0.25, -0.2) is 9.97 Å². The van der Waals surface area contributed by atoms with Gasteiger partial charge in [0.15, 0.2) is 0 Å². The third-order valence-electron chi connectivity index (χ3n) is 3.22. The van der Waals surface area contributed by atoms with E-state index in [4.69, 9.17) is 25.8 Å². The van der Waals surface area contributed by atoms with Gasteiger partial charge in [-0.2, -0.15) is 0 Å². The standard InChI is InChI=1S/C16H19ClN4O4/c1-23-5-4-18-15-9-19-12(8-20-15)16(22)21-11-7-13(24-2)10(17)6-14(11)25-3/h6-9H,4-5H2,1-3H3,(H,18,20)(H,21,22). The minimum absolute atomic E-state index is 0.160. The summed E-state index contributed by atoms with van der Waals surface area (Å²) in [6.45, 7) is 1.14. The Labute approximate surface area is 150 Å². The zero-order chi connectivity index (χ0) is 18.2. The number of nitrogens with one attached hydrogen (secondary N) is 2. The van der Waals surface area contributed by atoms with Gasteiger partial charge in [0.05, 0.1) is 43.9 Å². The highest BCUT2D eigenvalue weighted by molar-refractivity contribution is 6.32. The average molecular weight is 367 g/mol. The van der Waals surface area contributed by atoms with Gasteiger partial charge in [0.25, 0.3) is 5.91 Å². The molecule has 0 aliphatic heterocycles. The van der Waals surface area contributed by atoms with Crippen molar-refractivity contribution < 1.29 is 19.0 Å². The fraction of sp³-hybridized carbons (Fsp3) is 0.312. The van der Waals surface area contributed by atoms with Crippen LogP contribution in [0.15, 0.2) is 24.5 Å². The topological polar surface area (TPSA) is 94.6 Å². The summed E-state index contributed by atoms with van der Waals surface area (Å²) in [7, 11) is 4.58. The average Bonchev–Trinajstić information content (AvgIpc) is 2.63. The van der Waals surface area contributed by atoms with Crippen LogP contribution in [0.1, 0.15) is 10.5 Å². The molecule has 0 saturated carbocycles. The van der Waals surface area contributed by atoms with Crippen molar-refractivity contribution in [3.05, 3.63) is 35.2 Å². The van der Waals surface area contributed by atoms with E-state index in [1.807, 2.05) is 0 Å². The maximum Gasteiger partial charge on any atom is 0.275 e. The van der Waals surface area contributed by atoms with Crippen molar-refractivity contribution in [1.29, 1.82) is 0 Å². The molecular weight excluding hydrogens is 348 g/mol. The van der Waals surface area contributed by atoms with Gasteiger partial charge in [-0.1, -0.05) is 11.6 Å². The molecule has 134 valence electrons. The number of rotatable bonds is 8. The van der Waals surface area contributed by atoms with Crippen molar-refractivity contribution in [2.75, 3.05) is 45.1 Å². The predicted octanol–water partition coefficient (Wildman–Crippen LogP) is 2.46. The fourth-order valence-electron chi connectivity index (χ4n) is 1.96. The lowest BCUT2D eigenvalue weighted by molar-refractivity contribution is 0.102. The number of ether oxygens (including phenoxy) is 3. The quantitative estimate of drug-likeness (QED) is 0.693. The van der Waals surface area contributed by atoms with E-state index in [2.05, 4.69) is 20.6 Å². The number of benzene rings is 1. The van der Waals surface area contributed by atoms with Crippen LogP contribution in [-0.2, 0) is 4.74 Å². The molecular formula is C16H19ClN4O4. The molecule has 1 heterocycles. The molecule has 8 nitrogen and oxygen atoms in total. The van der Waals surface area contributed by atoms with Crippen molar-refractivity contribution in [2.45, 2.75) is 0 Å². The Morgan fingerprint density at radius 3 is 2.48 bits per heavy atom. The monoisotopic (exact) mass is 366 g/mol. The minimum Gasteiger partial charge on any atom is -0.495 e. The number of amides is 1. The van der Waals surface area contributed by atoms with Crippen molar-refractivity contribution in [3.8, 4) is 11.5 Å². The molecule has 0 unspecified atom stereocenters. The molecule has 0 saturated heterocycles. The van der Waals surface area contributed by atoms with E-state index in [-0.39, 0.29) is 5.69 Å². The van der Waals surface area contributed by atoms with Gasteiger partial charge in [0, 0.05) is 25.8 Å². The predicted molar refractivity (Wildman–Crippen MR) is 94.9 cm³/mol. The second-order valence-electron chi connectivity index (χ2n) is 4.85. The Morgan fingerprint density at radius 2 is 1.88 bits per heavy atom. The summed E-state index contributed by atoms with van der Waals surface area (Å²) in [6.07, 6.45) is 2.86. The molecule has 2 rings (SSSR count). The van der Waals surface area contributed by atoms with Crippen molar-refractivity contribution in [1.82, 2.24) is 9.97 Å². The lowest BCUT2D eigenvalue weighted by Gasteiger charge is -2.13. The molecule has 25 heavy (non-hydrogen) atoms. The summed E-state index contributed by atoms with van der Waals surface area (Å²) in [5.41, 5.74) is 0.575. The summed E-state index contributed by atoms with van der Waals surface area (Å²) in [5.74, 6) is 0.949. The summed E-state index contributed by atoms with van der Waals surface area (Å²) >= 11 is 6.05. The van der Waals surface area contributed by atoms with E-state index in [0.717, 1.165) is 0 Å². The summed E-state index contributed by atoms with van der Waals surface area (Å²) < 4.78 is 15.3. The van der Waals surface area contributed by atoms with Crippen LogP contribution in [-0.4, -0.2) is 50.4 Å². The molecule has 2 N–H and O–H groups in total. The molecule has 0 spiro atoms. The van der Waals surface area contributed by atoms with Crippen LogP contribution >= 0.6 is 11.6 Å². The second-order valence-corrected chi connectivity index (χ2v) is 5.25. The van der Waals surface area contributed by atoms with Crippen LogP contribution in [0.4, 0.5) is 11.5 Å². The van der Waals surface area contributed by atoms with Gasteiger partial charge in [-0.15, -0.1) is 0 Å². The van der Waals surface area contributed by atoms with E-state index in [0.29, 0.717) is 41.2 Å². The zero-order valence-corrected chi connectivity index (χ0v) is 14.9. The van der Waals surface area contributed by atoms with Crippen LogP contribution in [0.2, 0.25) is 5.02 Å². The van der Waals surface area contributed by atoms with Gasteiger partial charge in [-0.3, -0.25) is 4.79 Å². The van der Waals surface area contributed by atoms with E-state index in [9.17, 15) is 4.79 Å². The lowest BCUT2D eigenvalue weighted by atomic mass is 10.2. The van der Waals surface area contributed by atoms with Crippen LogP contribution in [0.5, 0.6) is 11.5 Å². The first kappa shape index (κ1) is 18.8. The third kappa shape index (κ3) is 4.94. The number of carbonyl (C=O) groups is 1. The van der Waals surface area contributed by atoms with Crippen LogP contribution in [0.25, 0.3) is 0 Å². The molecule has 0 aliphatic carbocycles. The van der Waals surface area contributed by atoms with E-state index in [1.54, 1.807) is 19.2 Å². The minimum atomic E-state index is -0.432. The second kappa shape index (κ2) is 9.05. The van der Waals surface area contributed by atoms with Gasteiger partial charge in [-0.05, 0) is 0 Å². The maximum atomic E-state index is 12.4. The number of nitrogens with zero attached hydrogens (tertiary/aromatic N) is 2. The number of methoxy groups -OCH3 is 3. The summed E-state index contributed by atoms with van der Waals surface area (Å²) in [5, 5.41) is 6.10. The van der Waals surface area contributed by atoms with E-state index >= 15 is 0 Å². The first-order valence-electron chi connectivity index (χ1n) is 7.36. The van der Waals surface area contributed by atoms with Crippen molar-refractivity contribution in [2.24, 2.45) is 0 Å². The Morgan fingerprint density at radius 1 is 1.12 bits per heavy atom. The smallest absolute Gasteiger partial charge is 0.275 e. The van der Waals surface area contributed by atoms with E-state index < -0.39 is 5.91 Å². The fourth-order valence-corrected chi connectivity index (χ4v) is 2.19. The third-order valence-corrected chi connectivity index (χ3v) is 3.51. The summed E-state index contributed by atoms with van der Waals surface area (Å²) in [4.78, 5) is 20.6. The van der Waals surface area contributed by atoms with Gasteiger partial charge >= 0.3 is 0 Å². The molecule has 0 bridgehead atoms. The number of halogens is 1. The maximum absolute atomic E-state index is 12.4. The Balaban J connectivity index is 2.11. The van der Waals surface area contributed by atoms with Crippen LogP contribution < -0.4 is 20.1 Å². The Kier molecular flexibility index (Phi) is 6.79. The molecule has 1 aromatic heterocycles. The highest BCUT2D eigenvalue weighted by Gasteiger charge is 2.15. The molecule has 1 aromatic carbocycles. The van der Waals surface area contributed by atoms with Crippen LogP contribution in [0.3, 0.4) is 0 Å². The van der Waals surface area contributed by atoms with Gasteiger partial charge in [0.1, 0.15) is 23.0 Å². The van der Waals surface area contributed by atoms with E-state index in [1.165, 1.54) is 26.6 Å². The number of hydrogen-bond acceptors (Lipinski definition) is 7. The van der Waals surface area contributed by atoms with Crippen molar-refractivity contribution in [3.63, 3.8) is 0 Å².